The van der Waals surface area contributed by atoms with Crippen LogP contribution in [0.2, 0.25) is 0 Å². The first-order valence-electron chi connectivity index (χ1n) is 11.3. The van der Waals surface area contributed by atoms with Crippen LogP contribution in [0.15, 0.2) is 69.2 Å². The lowest BCUT2D eigenvalue weighted by molar-refractivity contribution is 0.285. The van der Waals surface area contributed by atoms with Gasteiger partial charge in [0.15, 0.2) is 21.4 Å². The normalized spacial score (nSPS) is 14.6. The third kappa shape index (κ3) is 5.83. The van der Waals surface area contributed by atoms with Crippen LogP contribution in [0.1, 0.15) is 43.2 Å². The Morgan fingerprint density at radius 3 is 2.50 bits per heavy atom. The van der Waals surface area contributed by atoms with Crippen molar-refractivity contribution >= 4 is 9.84 Å². The molecular weight excluding hydrogens is 459 g/mol. The van der Waals surface area contributed by atoms with Crippen molar-refractivity contribution in [1.29, 1.82) is 0 Å². The molecule has 1 heterocycles. The molecule has 0 aliphatic heterocycles. The molecule has 0 amide bonds. The average molecular weight is 487 g/mol. The lowest BCUT2D eigenvalue weighted by Crippen LogP contribution is -2.28. The maximum absolute atomic E-state index is 14.2. The number of nitrogens with zero attached hydrogens (tertiary/aromatic N) is 1. The van der Waals surface area contributed by atoms with Gasteiger partial charge in [-0.05, 0) is 66.5 Å². The van der Waals surface area contributed by atoms with Gasteiger partial charge >= 0.3 is 5.69 Å². The monoisotopic (exact) mass is 486 g/mol. The molecule has 2 aromatic carbocycles. The van der Waals surface area contributed by atoms with Crippen LogP contribution in [0.25, 0.3) is 0 Å². The van der Waals surface area contributed by atoms with E-state index in [4.69, 9.17) is 4.74 Å². The zero-order valence-electron chi connectivity index (χ0n) is 18.9. The standard InChI is InChI=1S/C25H27FN2O5S/c1-2-19(20-7-10-22(26)23(13-20)33-15-18-3-4-18)16-34(31,32)21-8-5-17(6-9-21)14-28-12-11-24(29)27-25(28)30/h5-13,18-19H,2-4,14-16H2,1H3,(H,27,29,30)/t19-/m0/s1. The number of sulfone groups is 1. The topological polar surface area (TPSA) is 98.2 Å². The Bertz CT molecular complexity index is 1380. The van der Waals surface area contributed by atoms with Crippen molar-refractivity contribution in [1.82, 2.24) is 9.55 Å². The van der Waals surface area contributed by atoms with Crippen molar-refractivity contribution in [2.75, 3.05) is 12.4 Å². The van der Waals surface area contributed by atoms with Crippen LogP contribution in [0, 0.1) is 11.7 Å². The summed E-state index contributed by atoms with van der Waals surface area (Å²) >= 11 is 0. The van der Waals surface area contributed by atoms with Crippen LogP contribution in [0.5, 0.6) is 5.75 Å². The second-order valence-corrected chi connectivity index (χ2v) is 10.7. The first-order chi connectivity index (χ1) is 16.2. The van der Waals surface area contributed by atoms with Crippen LogP contribution in [0.3, 0.4) is 0 Å². The Labute approximate surface area is 197 Å². The van der Waals surface area contributed by atoms with E-state index in [-0.39, 0.29) is 28.9 Å². The van der Waals surface area contributed by atoms with Gasteiger partial charge in [-0.3, -0.25) is 14.3 Å². The summed E-state index contributed by atoms with van der Waals surface area (Å²) in [6.45, 7) is 2.58. The molecule has 7 nitrogen and oxygen atoms in total. The van der Waals surface area contributed by atoms with Gasteiger partial charge in [-0.1, -0.05) is 25.1 Å². The Hall–Kier alpha value is -3.20. The summed E-state index contributed by atoms with van der Waals surface area (Å²) in [6, 6.07) is 12.1. The zero-order chi connectivity index (χ0) is 24.3. The van der Waals surface area contributed by atoms with Gasteiger partial charge in [-0.15, -0.1) is 0 Å². The van der Waals surface area contributed by atoms with E-state index in [0.29, 0.717) is 18.9 Å². The molecule has 0 bridgehead atoms. The van der Waals surface area contributed by atoms with Gasteiger partial charge in [0.05, 0.1) is 23.8 Å². The third-order valence-corrected chi connectivity index (χ3v) is 7.88. The number of ether oxygens (including phenoxy) is 1. The molecule has 0 unspecified atom stereocenters. The predicted molar refractivity (Wildman–Crippen MR) is 127 cm³/mol. The van der Waals surface area contributed by atoms with Crippen molar-refractivity contribution in [2.45, 2.75) is 43.5 Å². The predicted octanol–water partition coefficient (Wildman–Crippen LogP) is 3.48. The lowest BCUT2D eigenvalue weighted by atomic mass is 9.98. The smallest absolute Gasteiger partial charge is 0.328 e. The summed E-state index contributed by atoms with van der Waals surface area (Å²) in [4.78, 5) is 25.4. The summed E-state index contributed by atoms with van der Waals surface area (Å²) < 4.78 is 47.3. The largest absolute Gasteiger partial charge is 0.490 e. The fourth-order valence-electron chi connectivity index (χ4n) is 3.76. The Balaban J connectivity index is 1.48. The number of hydrogen-bond donors (Lipinski definition) is 1. The first-order valence-corrected chi connectivity index (χ1v) is 12.9. The van der Waals surface area contributed by atoms with E-state index in [2.05, 4.69) is 4.98 Å². The maximum atomic E-state index is 14.2. The number of aromatic amines is 1. The molecule has 1 atom stereocenters. The number of halogens is 1. The van der Waals surface area contributed by atoms with E-state index >= 15 is 0 Å². The molecule has 0 saturated heterocycles. The fraction of sp³-hybridized carbons (Fsp3) is 0.360. The second-order valence-electron chi connectivity index (χ2n) is 8.71. The first kappa shape index (κ1) is 23.9. The van der Waals surface area contributed by atoms with Crippen molar-refractivity contribution in [2.24, 2.45) is 5.92 Å². The number of hydrogen-bond acceptors (Lipinski definition) is 5. The van der Waals surface area contributed by atoms with Crippen LogP contribution in [0.4, 0.5) is 4.39 Å². The number of nitrogens with one attached hydrogen (secondary N) is 1. The summed E-state index contributed by atoms with van der Waals surface area (Å²) in [7, 11) is -3.61. The van der Waals surface area contributed by atoms with Gasteiger partial charge in [0, 0.05) is 12.3 Å². The van der Waals surface area contributed by atoms with Crippen LogP contribution >= 0.6 is 0 Å². The molecule has 0 spiro atoms. The van der Waals surface area contributed by atoms with Crippen molar-refractivity contribution < 1.29 is 17.5 Å². The van der Waals surface area contributed by atoms with E-state index in [9.17, 15) is 22.4 Å². The molecule has 1 saturated carbocycles. The van der Waals surface area contributed by atoms with Crippen LogP contribution in [-0.2, 0) is 16.4 Å². The Kier molecular flexibility index (Phi) is 7.02. The number of rotatable bonds is 10. The number of aromatic nitrogens is 2. The second kappa shape index (κ2) is 9.97. The highest BCUT2D eigenvalue weighted by atomic mass is 32.2. The molecule has 1 aromatic heterocycles. The van der Waals surface area contributed by atoms with Gasteiger partial charge in [0.25, 0.3) is 5.56 Å². The Morgan fingerprint density at radius 2 is 1.85 bits per heavy atom. The minimum Gasteiger partial charge on any atom is -0.490 e. The highest BCUT2D eigenvalue weighted by Gasteiger charge is 2.25. The molecule has 180 valence electrons. The quantitative estimate of drug-likeness (QED) is 0.473. The van der Waals surface area contributed by atoms with Crippen LogP contribution in [-0.4, -0.2) is 30.3 Å². The maximum Gasteiger partial charge on any atom is 0.328 e. The fourth-order valence-corrected chi connectivity index (χ4v) is 5.46. The SMILES string of the molecule is CC[C@@H](CS(=O)(=O)c1ccc(Cn2ccc(=O)[nH]c2=O)cc1)c1ccc(F)c(OCC2CC2)c1. The summed E-state index contributed by atoms with van der Waals surface area (Å²) in [5.41, 5.74) is 0.439. The molecule has 4 rings (SSSR count). The molecular formula is C25H27FN2O5S. The molecule has 34 heavy (non-hydrogen) atoms. The van der Waals surface area contributed by atoms with E-state index < -0.39 is 26.9 Å². The third-order valence-electron chi connectivity index (χ3n) is 6.04. The van der Waals surface area contributed by atoms with Gasteiger partial charge in [0.2, 0.25) is 0 Å². The van der Waals surface area contributed by atoms with Crippen molar-refractivity contribution in [3.8, 4) is 5.75 Å². The molecule has 1 fully saturated rings. The molecule has 0 radical (unpaired) electrons. The Morgan fingerprint density at radius 1 is 1.12 bits per heavy atom. The highest BCUT2D eigenvalue weighted by molar-refractivity contribution is 7.91. The molecule has 1 aliphatic rings. The van der Waals surface area contributed by atoms with E-state index in [1.165, 1.54) is 35.0 Å². The van der Waals surface area contributed by atoms with Gasteiger partial charge in [-0.2, -0.15) is 0 Å². The molecule has 1 aliphatic carbocycles. The zero-order valence-corrected chi connectivity index (χ0v) is 19.7. The molecule has 3 aromatic rings. The van der Waals surface area contributed by atoms with Crippen LogP contribution < -0.4 is 16.0 Å². The summed E-state index contributed by atoms with van der Waals surface area (Å²) in [5, 5.41) is 0. The highest BCUT2D eigenvalue weighted by Crippen LogP contribution is 2.32. The number of benzene rings is 2. The molecule has 1 N–H and O–H groups in total. The van der Waals surface area contributed by atoms with Gasteiger partial charge < -0.3 is 4.74 Å². The van der Waals surface area contributed by atoms with E-state index in [1.54, 1.807) is 24.3 Å². The number of H-pyrrole nitrogens is 1. The van der Waals surface area contributed by atoms with Gasteiger partial charge in [0.1, 0.15) is 0 Å². The minimum atomic E-state index is -3.61. The average Bonchev–Trinajstić information content (AvgIpc) is 3.64. The van der Waals surface area contributed by atoms with E-state index in [0.717, 1.165) is 24.0 Å². The summed E-state index contributed by atoms with van der Waals surface area (Å²) in [6.07, 6.45) is 4.15. The van der Waals surface area contributed by atoms with Crippen molar-refractivity contribution in [3.05, 3.63) is 92.5 Å². The lowest BCUT2D eigenvalue weighted by Gasteiger charge is -2.17. The van der Waals surface area contributed by atoms with Crippen molar-refractivity contribution in [3.63, 3.8) is 0 Å². The summed E-state index contributed by atoms with van der Waals surface area (Å²) in [5.74, 6) is -0.221. The van der Waals surface area contributed by atoms with E-state index in [1.807, 2.05) is 6.92 Å². The minimum absolute atomic E-state index is 0.115. The molecule has 9 heteroatoms. The van der Waals surface area contributed by atoms with Gasteiger partial charge in [-0.25, -0.2) is 17.6 Å².